The van der Waals surface area contributed by atoms with Gasteiger partial charge in [0.05, 0.1) is 6.20 Å². The molecule has 0 saturated carbocycles. The minimum atomic E-state index is -1.34. The average Bonchev–Trinajstić information content (AvgIpc) is 2.28. The smallest absolute Gasteiger partial charge is 0.342 e. The molecule has 0 fully saturated rings. The summed E-state index contributed by atoms with van der Waals surface area (Å²) >= 11 is 0. The molecule has 1 heterocycles. The largest absolute Gasteiger partial charge is 0.508 e. The Balaban J connectivity index is 2.72. The van der Waals surface area contributed by atoms with Crippen LogP contribution < -0.4 is 5.56 Å². The molecule has 0 saturated heterocycles. The molecule has 1 aromatic carbocycles. The Morgan fingerprint density at radius 3 is 2.76 bits per heavy atom. The molecule has 1 aromatic heterocycles. The molecule has 2 rings (SSSR count). The third kappa shape index (κ3) is 2.00. The molecule has 17 heavy (non-hydrogen) atoms. The predicted octanol–water partition coefficient (Wildman–Crippen LogP) is 0.841. The van der Waals surface area contributed by atoms with Crippen LogP contribution in [0.4, 0.5) is 0 Å². The van der Waals surface area contributed by atoms with Crippen LogP contribution in [0.25, 0.3) is 11.1 Å². The number of nitrogens with one attached hydrogen (secondary N) is 1. The van der Waals surface area contributed by atoms with Gasteiger partial charge in [-0.25, -0.2) is 9.89 Å². The molecule has 0 amide bonds. The average molecular weight is 232 g/mol. The van der Waals surface area contributed by atoms with E-state index in [1.165, 1.54) is 18.3 Å². The summed E-state index contributed by atoms with van der Waals surface area (Å²) in [4.78, 5) is 22.4. The highest BCUT2D eigenvalue weighted by Gasteiger charge is 2.16. The highest BCUT2D eigenvalue weighted by Crippen LogP contribution is 2.23. The summed E-state index contributed by atoms with van der Waals surface area (Å²) in [7, 11) is 0. The number of aromatic nitrogens is 2. The van der Waals surface area contributed by atoms with E-state index in [0.717, 1.165) is 0 Å². The summed E-state index contributed by atoms with van der Waals surface area (Å²) in [6.45, 7) is 0. The van der Waals surface area contributed by atoms with Gasteiger partial charge in [-0.3, -0.25) is 4.79 Å². The molecular formula is C11H8N2O4. The second kappa shape index (κ2) is 4.09. The second-order valence-corrected chi connectivity index (χ2v) is 3.34. The van der Waals surface area contributed by atoms with Gasteiger partial charge in [0.25, 0.3) is 5.56 Å². The van der Waals surface area contributed by atoms with Gasteiger partial charge in [0.15, 0.2) is 0 Å². The van der Waals surface area contributed by atoms with Crippen LogP contribution in [0.3, 0.4) is 0 Å². The number of phenolic OH excluding ortho intramolecular Hbond substituents is 1. The number of rotatable bonds is 2. The first-order valence-corrected chi connectivity index (χ1v) is 4.70. The van der Waals surface area contributed by atoms with Gasteiger partial charge in [0, 0.05) is 5.56 Å². The molecule has 0 unspecified atom stereocenters. The van der Waals surface area contributed by atoms with Crippen LogP contribution in [0.1, 0.15) is 10.4 Å². The molecule has 2 aromatic rings. The molecule has 0 spiro atoms. The first-order valence-electron chi connectivity index (χ1n) is 4.70. The topological polar surface area (TPSA) is 103 Å². The van der Waals surface area contributed by atoms with E-state index in [4.69, 9.17) is 5.11 Å². The zero-order chi connectivity index (χ0) is 12.4. The minimum Gasteiger partial charge on any atom is -0.508 e. The van der Waals surface area contributed by atoms with Gasteiger partial charge in [-0.2, -0.15) is 5.10 Å². The molecule has 6 heteroatoms. The molecule has 0 aliphatic heterocycles. The van der Waals surface area contributed by atoms with Crippen LogP contribution in [0.5, 0.6) is 5.75 Å². The molecule has 0 atom stereocenters. The maximum absolute atomic E-state index is 11.4. The van der Waals surface area contributed by atoms with E-state index < -0.39 is 17.1 Å². The highest BCUT2D eigenvalue weighted by atomic mass is 16.4. The fourth-order valence-corrected chi connectivity index (χ4v) is 1.50. The summed E-state index contributed by atoms with van der Waals surface area (Å²) in [6, 6.07) is 5.95. The Morgan fingerprint density at radius 2 is 2.12 bits per heavy atom. The van der Waals surface area contributed by atoms with Crippen molar-refractivity contribution >= 4 is 5.97 Å². The summed E-state index contributed by atoms with van der Waals surface area (Å²) in [5, 5.41) is 23.9. The lowest BCUT2D eigenvalue weighted by Gasteiger charge is -2.04. The van der Waals surface area contributed by atoms with Gasteiger partial charge in [0.2, 0.25) is 0 Å². The van der Waals surface area contributed by atoms with Crippen molar-refractivity contribution < 1.29 is 15.0 Å². The number of hydrogen-bond acceptors (Lipinski definition) is 4. The first kappa shape index (κ1) is 10.9. The third-order valence-corrected chi connectivity index (χ3v) is 2.23. The van der Waals surface area contributed by atoms with E-state index in [2.05, 4.69) is 10.2 Å². The van der Waals surface area contributed by atoms with Gasteiger partial charge in [0.1, 0.15) is 11.3 Å². The number of aromatic amines is 1. The van der Waals surface area contributed by atoms with Crippen LogP contribution >= 0.6 is 0 Å². The number of carbonyl (C=O) groups is 1. The quantitative estimate of drug-likeness (QED) is 0.711. The van der Waals surface area contributed by atoms with Crippen molar-refractivity contribution in [3.8, 4) is 16.9 Å². The first-order chi connectivity index (χ1) is 8.09. The number of nitrogens with zero attached hydrogens (tertiary/aromatic N) is 1. The Kier molecular flexibility index (Phi) is 2.61. The molecule has 6 nitrogen and oxygen atoms in total. The lowest BCUT2D eigenvalue weighted by molar-refractivity contribution is 0.0695. The minimum absolute atomic E-state index is 0.0147. The number of aromatic carboxylic acids is 1. The Morgan fingerprint density at radius 1 is 1.35 bits per heavy atom. The molecule has 0 aliphatic carbocycles. The normalized spacial score (nSPS) is 10.1. The highest BCUT2D eigenvalue weighted by molar-refractivity contribution is 5.95. The monoisotopic (exact) mass is 232 g/mol. The number of phenols is 1. The van der Waals surface area contributed by atoms with Gasteiger partial charge in [-0.15, -0.1) is 0 Å². The van der Waals surface area contributed by atoms with Crippen LogP contribution in [-0.2, 0) is 0 Å². The Bertz CT molecular complexity index is 633. The SMILES string of the molecule is O=C(O)c1c(-c2cccc(O)c2)cn[nH]c1=O. The number of benzene rings is 1. The van der Waals surface area contributed by atoms with E-state index in [1.807, 2.05) is 0 Å². The van der Waals surface area contributed by atoms with Crippen molar-refractivity contribution in [3.63, 3.8) is 0 Å². The van der Waals surface area contributed by atoms with Gasteiger partial charge >= 0.3 is 5.97 Å². The number of carboxylic acids is 1. The Labute approximate surface area is 95.2 Å². The predicted molar refractivity (Wildman–Crippen MR) is 58.9 cm³/mol. The standard InChI is InChI=1S/C11H8N2O4/c14-7-3-1-2-6(4-7)8-5-12-13-10(15)9(8)11(16)17/h1-5,14H,(H,13,15)(H,16,17). The molecule has 0 radical (unpaired) electrons. The van der Waals surface area contributed by atoms with Gasteiger partial charge < -0.3 is 10.2 Å². The van der Waals surface area contributed by atoms with Crippen molar-refractivity contribution in [2.75, 3.05) is 0 Å². The third-order valence-electron chi connectivity index (χ3n) is 2.23. The lowest BCUT2D eigenvalue weighted by atomic mass is 10.0. The van der Waals surface area contributed by atoms with E-state index in [1.54, 1.807) is 12.1 Å². The number of carboxylic acid groups (broad SMARTS) is 1. The van der Waals surface area contributed by atoms with E-state index in [9.17, 15) is 14.7 Å². The summed E-state index contributed by atoms with van der Waals surface area (Å²) < 4.78 is 0. The molecule has 0 aliphatic rings. The van der Waals surface area contributed by atoms with Crippen LogP contribution in [-0.4, -0.2) is 26.4 Å². The molecule has 0 bridgehead atoms. The summed E-state index contributed by atoms with van der Waals surface area (Å²) in [5.74, 6) is -1.36. The lowest BCUT2D eigenvalue weighted by Crippen LogP contribution is -2.19. The van der Waals surface area contributed by atoms with Crippen LogP contribution in [0.15, 0.2) is 35.3 Å². The molecule has 3 N–H and O–H groups in total. The van der Waals surface area contributed by atoms with Crippen molar-refractivity contribution in [1.82, 2.24) is 10.2 Å². The maximum atomic E-state index is 11.4. The van der Waals surface area contributed by atoms with Crippen molar-refractivity contribution in [3.05, 3.63) is 46.4 Å². The van der Waals surface area contributed by atoms with Gasteiger partial charge in [-0.05, 0) is 17.7 Å². The van der Waals surface area contributed by atoms with Crippen LogP contribution in [0, 0.1) is 0 Å². The van der Waals surface area contributed by atoms with Gasteiger partial charge in [-0.1, -0.05) is 12.1 Å². The second-order valence-electron chi connectivity index (χ2n) is 3.34. The number of hydrogen-bond donors (Lipinski definition) is 3. The van der Waals surface area contributed by atoms with E-state index >= 15 is 0 Å². The van der Waals surface area contributed by atoms with Crippen molar-refractivity contribution in [2.24, 2.45) is 0 Å². The summed E-state index contributed by atoms with van der Waals surface area (Å²) in [6.07, 6.45) is 1.24. The van der Waals surface area contributed by atoms with Crippen LogP contribution in [0.2, 0.25) is 0 Å². The fraction of sp³-hybridized carbons (Fsp3) is 0. The van der Waals surface area contributed by atoms with E-state index in [-0.39, 0.29) is 11.3 Å². The fourth-order valence-electron chi connectivity index (χ4n) is 1.50. The maximum Gasteiger partial charge on any atom is 0.342 e. The number of aromatic hydroxyl groups is 1. The van der Waals surface area contributed by atoms with Crippen molar-refractivity contribution in [1.29, 1.82) is 0 Å². The molecular weight excluding hydrogens is 224 g/mol. The van der Waals surface area contributed by atoms with Crippen molar-refractivity contribution in [2.45, 2.75) is 0 Å². The van der Waals surface area contributed by atoms with E-state index in [0.29, 0.717) is 5.56 Å². The molecule has 86 valence electrons. The summed E-state index contributed by atoms with van der Waals surface area (Å²) in [5.41, 5.74) is -0.595. The number of H-pyrrole nitrogens is 1. The Hall–Kier alpha value is -2.63. The zero-order valence-electron chi connectivity index (χ0n) is 8.54. The zero-order valence-corrected chi connectivity index (χ0v) is 8.54.